The molecule has 2 aliphatic heterocycles. The second-order valence-corrected chi connectivity index (χ2v) is 9.84. The second-order valence-electron chi connectivity index (χ2n) is 9.84. The molecule has 2 N–H and O–H groups in total. The van der Waals surface area contributed by atoms with E-state index in [0.717, 1.165) is 54.5 Å². The fourth-order valence-corrected chi connectivity index (χ4v) is 6.23. The predicted molar refractivity (Wildman–Crippen MR) is 111 cm³/mol. The second kappa shape index (κ2) is 6.73. The van der Waals surface area contributed by atoms with Crippen LogP contribution < -0.4 is 4.74 Å². The number of benzene rings is 1. The lowest BCUT2D eigenvalue weighted by Crippen LogP contribution is -2.65. The number of amides is 1. The Hall–Kier alpha value is -2.08. The number of carbonyl (C=O) groups excluding carboxylic acids is 1. The van der Waals surface area contributed by atoms with Crippen molar-refractivity contribution >= 4 is 16.8 Å². The van der Waals surface area contributed by atoms with Crippen LogP contribution in [0, 0.1) is 5.92 Å². The molecule has 0 radical (unpaired) electrons. The molecule has 2 aromatic rings. The number of aliphatic hydroxyl groups is 1. The summed E-state index contributed by atoms with van der Waals surface area (Å²) in [6.07, 6.45) is 5.06. The van der Waals surface area contributed by atoms with Crippen molar-refractivity contribution in [2.75, 3.05) is 0 Å². The molecule has 29 heavy (non-hydrogen) atoms. The minimum absolute atomic E-state index is 0.0182. The smallest absolute Gasteiger partial charge is 0.223 e. The first kappa shape index (κ1) is 18.9. The maximum absolute atomic E-state index is 13.3. The van der Waals surface area contributed by atoms with Gasteiger partial charge in [0.05, 0.1) is 28.3 Å². The Morgan fingerprint density at radius 1 is 1.28 bits per heavy atom. The van der Waals surface area contributed by atoms with Crippen molar-refractivity contribution in [3.8, 4) is 5.75 Å². The van der Waals surface area contributed by atoms with Gasteiger partial charge in [0.1, 0.15) is 5.75 Å². The van der Waals surface area contributed by atoms with E-state index < -0.39 is 5.60 Å². The maximum atomic E-state index is 13.3. The van der Waals surface area contributed by atoms with Gasteiger partial charge in [-0.05, 0) is 64.0 Å². The van der Waals surface area contributed by atoms with Crippen LogP contribution in [-0.4, -0.2) is 49.9 Å². The van der Waals surface area contributed by atoms with Crippen molar-refractivity contribution in [3.63, 3.8) is 0 Å². The van der Waals surface area contributed by atoms with Crippen molar-refractivity contribution in [1.82, 2.24) is 15.1 Å². The molecule has 2 saturated heterocycles. The fourth-order valence-electron chi connectivity index (χ4n) is 6.23. The van der Waals surface area contributed by atoms with E-state index in [1.807, 2.05) is 32.0 Å². The highest BCUT2D eigenvalue weighted by Crippen LogP contribution is 2.51. The normalized spacial score (nSPS) is 31.6. The number of aromatic amines is 1. The number of piperidine rings is 2. The van der Waals surface area contributed by atoms with Gasteiger partial charge < -0.3 is 14.7 Å². The quantitative estimate of drug-likeness (QED) is 0.805. The van der Waals surface area contributed by atoms with E-state index in [0.29, 0.717) is 12.3 Å². The van der Waals surface area contributed by atoms with Gasteiger partial charge in [0.25, 0.3) is 0 Å². The molecule has 1 aromatic heterocycles. The lowest BCUT2D eigenvalue weighted by molar-refractivity contribution is -0.174. The predicted octanol–water partition coefficient (Wildman–Crippen LogP) is 3.75. The number of hydrogen-bond acceptors (Lipinski definition) is 4. The summed E-state index contributed by atoms with van der Waals surface area (Å²) in [4.78, 5) is 15.4. The molecule has 6 heteroatoms. The Balaban J connectivity index is 1.37. The largest absolute Gasteiger partial charge is 0.490 e. The molecular weight excluding hydrogens is 366 g/mol. The molecule has 2 aliphatic carbocycles. The molecule has 156 valence electrons. The van der Waals surface area contributed by atoms with Gasteiger partial charge >= 0.3 is 0 Å². The van der Waals surface area contributed by atoms with Crippen molar-refractivity contribution in [1.29, 1.82) is 0 Å². The molecular formula is C23H31N3O3. The van der Waals surface area contributed by atoms with E-state index in [1.54, 1.807) is 0 Å². The summed E-state index contributed by atoms with van der Waals surface area (Å²) < 4.78 is 6.00. The third-order valence-corrected chi connectivity index (χ3v) is 7.09. The highest BCUT2D eigenvalue weighted by Gasteiger charge is 2.54. The van der Waals surface area contributed by atoms with Gasteiger partial charge in [0.2, 0.25) is 5.91 Å². The first-order valence-electron chi connectivity index (χ1n) is 11.0. The monoisotopic (exact) mass is 397 g/mol. The van der Waals surface area contributed by atoms with Crippen LogP contribution in [0.15, 0.2) is 18.2 Å². The van der Waals surface area contributed by atoms with Crippen LogP contribution in [0.25, 0.3) is 10.9 Å². The van der Waals surface area contributed by atoms with E-state index in [-0.39, 0.29) is 30.0 Å². The SMILES string of the molecule is CC(C)Oc1cccc2n[nH]c(C(C)CC(=O)N3C4CC5CC3CC(O)(C5)C4)c12. The number of fused-ring (bicyclic) bond motifs is 1. The molecule has 3 unspecified atom stereocenters. The minimum Gasteiger partial charge on any atom is -0.490 e. The number of nitrogens with zero attached hydrogens (tertiary/aromatic N) is 2. The molecule has 1 amide bonds. The summed E-state index contributed by atoms with van der Waals surface area (Å²) >= 11 is 0. The third-order valence-electron chi connectivity index (χ3n) is 7.09. The van der Waals surface area contributed by atoms with E-state index in [9.17, 15) is 9.90 Å². The molecule has 6 nitrogen and oxygen atoms in total. The highest BCUT2D eigenvalue weighted by atomic mass is 16.5. The standard InChI is InChI=1S/C23H31N3O3/c1-13(2)29-19-6-4-5-18-21(19)22(25-24-18)14(3)7-20(27)26-16-8-15-9-17(26)12-23(28,10-15)11-16/h4-6,13-17,28H,7-12H2,1-3H3,(H,24,25). The van der Waals surface area contributed by atoms with Gasteiger partial charge in [0, 0.05) is 24.4 Å². The number of carbonyl (C=O) groups is 1. The lowest BCUT2D eigenvalue weighted by atomic mass is 9.61. The van der Waals surface area contributed by atoms with Gasteiger partial charge in [0.15, 0.2) is 0 Å². The topological polar surface area (TPSA) is 78.5 Å². The zero-order valence-corrected chi connectivity index (χ0v) is 17.5. The van der Waals surface area contributed by atoms with Crippen molar-refractivity contribution in [3.05, 3.63) is 23.9 Å². The van der Waals surface area contributed by atoms with Crippen molar-refractivity contribution in [2.45, 2.75) is 89.0 Å². The van der Waals surface area contributed by atoms with Crippen LogP contribution >= 0.6 is 0 Å². The molecule has 2 saturated carbocycles. The summed E-state index contributed by atoms with van der Waals surface area (Å²) in [5.74, 6) is 1.63. The molecule has 1 aromatic carbocycles. The lowest BCUT2D eigenvalue weighted by Gasteiger charge is -2.59. The molecule has 4 fully saturated rings. The third kappa shape index (κ3) is 3.21. The Labute approximate surface area is 171 Å². The maximum Gasteiger partial charge on any atom is 0.223 e. The summed E-state index contributed by atoms with van der Waals surface area (Å²) in [5, 5.41) is 19.4. The zero-order chi connectivity index (χ0) is 20.3. The number of rotatable bonds is 5. The van der Waals surface area contributed by atoms with Gasteiger partial charge in [-0.1, -0.05) is 13.0 Å². The Morgan fingerprint density at radius 3 is 2.66 bits per heavy atom. The number of aromatic nitrogens is 2. The van der Waals surface area contributed by atoms with Crippen molar-refractivity contribution in [2.24, 2.45) is 5.92 Å². The summed E-state index contributed by atoms with van der Waals surface area (Å²) in [6.45, 7) is 6.11. The average molecular weight is 398 g/mol. The molecule has 3 heterocycles. The average Bonchev–Trinajstić information content (AvgIpc) is 3.04. The van der Waals surface area contributed by atoms with Gasteiger partial charge in [-0.15, -0.1) is 0 Å². The number of H-pyrrole nitrogens is 1. The van der Waals surface area contributed by atoms with Crippen LogP contribution in [0.4, 0.5) is 0 Å². The van der Waals surface area contributed by atoms with Crippen LogP contribution in [0.1, 0.15) is 70.9 Å². The number of ether oxygens (including phenoxy) is 1. The molecule has 4 aliphatic rings. The summed E-state index contributed by atoms with van der Waals surface area (Å²) in [6, 6.07) is 6.32. The van der Waals surface area contributed by atoms with Gasteiger partial charge in [-0.3, -0.25) is 9.89 Å². The number of nitrogens with one attached hydrogen (secondary N) is 1. The van der Waals surface area contributed by atoms with Gasteiger partial charge in [-0.25, -0.2) is 0 Å². The van der Waals surface area contributed by atoms with E-state index in [2.05, 4.69) is 22.0 Å². The van der Waals surface area contributed by atoms with E-state index in [4.69, 9.17) is 4.74 Å². The Morgan fingerprint density at radius 2 is 2.00 bits per heavy atom. The van der Waals surface area contributed by atoms with Crippen LogP contribution in [0.5, 0.6) is 5.75 Å². The zero-order valence-electron chi connectivity index (χ0n) is 17.5. The molecule has 3 atom stereocenters. The first-order chi connectivity index (χ1) is 13.8. The summed E-state index contributed by atoms with van der Waals surface area (Å²) in [5.41, 5.74) is 1.31. The first-order valence-corrected chi connectivity index (χ1v) is 11.0. The fraction of sp³-hybridized carbons (Fsp3) is 0.652. The molecule has 6 rings (SSSR count). The minimum atomic E-state index is -0.526. The van der Waals surface area contributed by atoms with Gasteiger partial charge in [-0.2, -0.15) is 5.10 Å². The molecule has 4 bridgehead atoms. The number of hydrogen-bond donors (Lipinski definition) is 2. The van der Waals surface area contributed by atoms with E-state index in [1.165, 1.54) is 0 Å². The van der Waals surface area contributed by atoms with E-state index >= 15 is 0 Å². The molecule has 0 spiro atoms. The summed E-state index contributed by atoms with van der Waals surface area (Å²) in [7, 11) is 0. The van der Waals surface area contributed by atoms with Crippen LogP contribution in [-0.2, 0) is 4.79 Å². The van der Waals surface area contributed by atoms with Crippen molar-refractivity contribution < 1.29 is 14.6 Å². The Bertz CT molecular complexity index is 921. The highest BCUT2D eigenvalue weighted by molar-refractivity contribution is 5.89. The van der Waals surface area contributed by atoms with Crippen LogP contribution in [0.2, 0.25) is 0 Å². The Kier molecular flexibility index (Phi) is 4.39. The van der Waals surface area contributed by atoms with Crippen LogP contribution in [0.3, 0.4) is 0 Å².